The summed E-state index contributed by atoms with van der Waals surface area (Å²) in [4.78, 5) is 16.6. The van der Waals surface area contributed by atoms with Gasteiger partial charge in [0.1, 0.15) is 0 Å². The van der Waals surface area contributed by atoms with E-state index in [0.29, 0.717) is 0 Å². The minimum Gasteiger partial charge on any atom is -0.368 e. The number of hydrogen-bond acceptors (Lipinski definition) is 2. The fourth-order valence-electron chi connectivity index (χ4n) is 3.24. The maximum Gasteiger partial charge on any atom is 0.317 e. The number of carbonyl (C=O) groups is 1. The fraction of sp³-hybridized carbons (Fsp3) is 0.381. The summed E-state index contributed by atoms with van der Waals surface area (Å²) in [6.07, 6.45) is 1.97. The van der Waals surface area contributed by atoms with Gasteiger partial charge in [-0.3, -0.25) is 0 Å². The molecule has 1 N–H and O–H groups in total. The Balaban J connectivity index is 1.38. The SMILES string of the molecule is Cc1cccc(N2CCN(C(=O)NCCCc3ccccc3)CC2)c1. The van der Waals surface area contributed by atoms with Gasteiger partial charge in [0.25, 0.3) is 0 Å². The molecule has 25 heavy (non-hydrogen) atoms. The quantitative estimate of drug-likeness (QED) is 0.848. The molecule has 132 valence electrons. The van der Waals surface area contributed by atoms with Gasteiger partial charge in [-0.1, -0.05) is 42.5 Å². The van der Waals surface area contributed by atoms with Crippen molar-refractivity contribution < 1.29 is 4.79 Å². The van der Waals surface area contributed by atoms with Gasteiger partial charge in [-0.15, -0.1) is 0 Å². The van der Waals surface area contributed by atoms with Gasteiger partial charge in [-0.25, -0.2) is 4.79 Å². The lowest BCUT2D eigenvalue weighted by molar-refractivity contribution is 0.194. The summed E-state index contributed by atoms with van der Waals surface area (Å²) < 4.78 is 0. The highest BCUT2D eigenvalue weighted by Gasteiger charge is 2.20. The molecule has 0 radical (unpaired) electrons. The molecule has 0 bridgehead atoms. The summed E-state index contributed by atoms with van der Waals surface area (Å²) in [7, 11) is 0. The van der Waals surface area contributed by atoms with Crippen molar-refractivity contribution >= 4 is 11.7 Å². The number of amides is 2. The Morgan fingerprint density at radius 1 is 1.00 bits per heavy atom. The topological polar surface area (TPSA) is 35.6 Å². The molecule has 0 saturated carbocycles. The van der Waals surface area contributed by atoms with Gasteiger partial charge in [0.05, 0.1) is 0 Å². The van der Waals surface area contributed by atoms with Gasteiger partial charge in [-0.05, 0) is 43.0 Å². The molecule has 4 nitrogen and oxygen atoms in total. The van der Waals surface area contributed by atoms with Gasteiger partial charge in [-0.2, -0.15) is 0 Å². The Morgan fingerprint density at radius 3 is 2.48 bits per heavy atom. The first kappa shape index (κ1) is 17.3. The molecule has 0 aromatic heterocycles. The first-order chi connectivity index (χ1) is 12.2. The number of rotatable bonds is 5. The average molecular weight is 337 g/mol. The Hall–Kier alpha value is -2.49. The summed E-state index contributed by atoms with van der Waals surface area (Å²) >= 11 is 0. The molecular formula is C21H27N3O. The highest BCUT2D eigenvalue weighted by Crippen LogP contribution is 2.17. The van der Waals surface area contributed by atoms with E-state index in [0.717, 1.165) is 45.6 Å². The average Bonchev–Trinajstić information content (AvgIpc) is 2.66. The van der Waals surface area contributed by atoms with Crippen LogP contribution in [0.3, 0.4) is 0 Å². The zero-order valence-corrected chi connectivity index (χ0v) is 14.9. The van der Waals surface area contributed by atoms with E-state index in [-0.39, 0.29) is 6.03 Å². The Kier molecular flexibility index (Phi) is 5.94. The number of nitrogens with zero attached hydrogens (tertiary/aromatic N) is 2. The zero-order valence-electron chi connectivity index (χ0n) is 14.9. The van der Waals surface area contributed by atoms with Crippen molar-refractivity contribution in [3.05, 3.63) is 65.7 Å². The number of carbonyl (C=O) groups excluding carboxylic acids is 1. The Labute approximate surface area is 150 Å². The third kappa shape index (κ3) is 4.99. The Bertz CT molecular complexity index is 679. The summed E-state index contributed by atoms with van der Waals surface area (Å²) in [5.41, 5.74) is 3.85. The molecule has 1 aliphatic heterocycles. The second-order valence-corrected chi connectivity index (χ2v) is 6.63. The van der Waals surface area contributed by atoms with Crippen molar-refractivity contribution in [1.29, 1.82) is 0 Å². The maximum absolute atomic E-state index is 12.3. The highest BCUT2D eigenvalue weighted by molar-refractivity contribution is 5.74. The van der Waals surface area contributed by atoms with Crippen LogP contribution in [0.2, 0.25) is 0 Å². The van der Waals surface area contributed by atoms with Gasteiger partial charge >= 0.3 is 6.03 Å². The van der Waals surface area contributed by atoms with Crippen molar-refractivity contribution in [1.82, 2.24) is 10.2 Å². The summed E-state index contributed by atoms with van der Waals surface area (Å²) in [6, 6.07) is 19.0. The molecule has 1 saturated heterocycles. The third-order valence-electron chi connectivity index (χ3n) is 4.69. The molecule has 2 aromatic carbocycles. The van der Waals surface area contributed by atoms with Gasteiger partial charge in [0.2, 0.25) is 0 Å². The minimum atomic E-state index is 0.0666. The highest BCUT2D eigenvalue weighted by atomic mass is 16.2. The van der Waals surface area contributed by atoms with Gasteiger partial charge in [0.15, 0.2) is 0 Å². The van der Waals surface area contributed by atoms with E-state index in [1.807, 2.05) is 11.0 Å². The van der Waals surface area contributed by atoms with Crippen LogP contribution in [0, 0.1) is 6.92 Å². The van der Waals surface area contributed by atoms with Gasteiger partial charge in [0, 0.05) is 38.4 Å². The second kappa shape index (κ2) is 8.56. The maximum atomic E-state index is 12.3. The van der Waals surface area contributed by atoms with Crippen LogP contribution in [0.15, 0.2) is 54.6 Å². The molecule has 3 rings (SSSR count). The molecule has 0 spiro atoms. The zero-order chi connectivity index (χ0) is 17.5. The normalized spacial score (nSPS) is 14.4. The van der Waals surface area contributed by atoms with E-state index in [9.17, 15) is 4.79 Å². The molecule has 1 aliphatic rings. The number of hydrogen-bond donors (Lipinski definition) is 1. The van der Waals surface area contributed by atoms with Crippen LogP contribution >= 0.6 is 0 Å². The monoisotopic (exact) mass is 337 g/mol. The number of urea groups is 1. The first-order valence-electron chi connectivity index (χ1n) is 9.11. The predicted molar refractivity (Wildman–Crippen MR) is 103 cm³/mol. The Morgan fingerprint density at radius 2 is 1.76 bits per heavy atom. The third-order valence-corrected chi connectivity index (χ3v) is 4.69. The molecule has 2 amide bonds. The van der Waals surface area contributed by atoms with Crippen LogP contribution in [0.5, 0.6) is 0 Å². The smallest absolute Gasteiger partial charge is 0.317 e. The molecular weight excluding hydrogens is 310 g/mol. The standard InChI is InChI=1S/C21H27N3O/c1-18-7-5-11-20(17-18)23-13-15-24(16-14-23)21(25)22-12-6-10-19-8-3-2-4-9-19/h2-5,7-9,11,17H,6,10,12-16H2,1H3,(H,22,25). The van der Waals surface area contributed by atoms with Crippen molar-refractivity contribution in [2.75, 3.05) is 37.6 Å². The van der Waals surface area contributed by atoms with E-state index in [1.54, 1.807) is 0 Å². The summed E-state index contributed by atoms with van der Waals surface area (Å²) in [6.45, 7) is 6.17. The number of anilines is 1. The first-order valence-corrected chi connectivity index (χ1v) is 9.11. The lowest BCUT2D eigenvalue weighted by Crippen LogP contribution is -2.52. The van der Waals surface area contributed by atoms with E-state index in [2.05, 4.69) is 65.7 Å². The molecule has 0 aliphatic carbocycles. The van der Waals surface area contributed by atoms with Crippen molar-refractivity contribution in [3.8, 4) is 0 Å². The molecule has 4 heteroatoms. The number of piperazine rings is 1. The predicted octanol–water partition coefficient (Wildman–Crippen LogP) is 3.46. The van der Waals surface area contributed by atoms with Crippen LogP contribution in [0.4, 0.5) is 10.5 Å². The van der Waals surface area contributed by atoms with Crippen molar-refractivity contribution in [3.63, 3.8) is 0 Å². The lowest BCUT2D eigenvalue weighted by atomic mass is 10.1. The van der Waals surface area contributed by atoms with Crippen molar-refractivity contribution in [2.45, 2.75) is 19.8 Å². The number of benzene rings is 2. The van der Waals surface area contributed by atoms with Crippen LogP contribution in [-0.2, 0) is 6.42 Å². The lowest BCUT2D eigenvalue weighted by Gasteiger charge is -2.36. The summed E-state index contributed by atoms with van der Waals surface area (Å²) in [5.74, 6) is 0. The summed E-state index contributed by atoms with van der Waals surface area (Å²) in [5, 5.41) is 3.05. The van der Waals surface area contributed by atoms with Crippen LogP contribution < -0.4 is 10.2 Å². The van der Waals surface area contributed by atoms with Crippen molar-refractivity contribution in [2.24, 2.45) is 0 Å². The molecule has 1 heterocycles. The van der Waals surface area contributed by atoms with E-state index >= 15 is 0 Å². The van der Waals surface area contributed by atoms with E-state index in [4.69, 9.17) is 0 Å². The second-order valence-electron chi connectivity index (χ2n) is 6.63. The largest absolute Gasteiger partial charge is 0.368 e. The molecule has 2 aromatic rings. The van der Waals surface area contributed by atoms with Gasteiger partial charge < -0.3 is 15.1 Å². The van der Waals surface area contributed by atoms with Crippen LogP contribution in [0.1, 0.15) is 17.5 Å². The number of nitrogens with one attached hydrogen (secondary N) is 1. The van der Waals surface area contributed by atoms with Crippen LogP contribution in [-0.4, -0.2) is 43.7 Å². The molecule has 0 unspecified atom stereocenters. The van der Waals surface area contributed by atoms with E-state index < -0.39 is 0 Å². The molecule has 1 fully saturated rings. The molecule has 0 atom stereocenters. The number of aryl methyl sites for hydroxylation is 2. The van der Waals surface area contributed by atoms with Crippen LogP contribution in [0.25, 0.3) is 0 Å². The van der Waals surface area contributed by atoms with E-state index in [1.165, 1.54) is 16.8 Å². The fourth-order valence-corrected chi connectivity index (χ4v) is 3.24. The minimum absolute atomic E-state index is 0.0666.